The van der Waals surface area contributed by atoms with Crippen molar-refractivity contribution in [1.29, 1.82) is 0 Å². The van der Waals surface area contributed by atoms with Crippen LogP contribution >= 0.6 is 0 Å². The molecular weight excluding hydrogens is 568 g/mol. The fraction of sp³-hybridized carbons (Fsp3) is 0.147. The molecule has 4 aliphatic heterocycles. The van der Waals surface area contributed by atoms with Crippen molar-refractivity contribution < 1.29 is 47.4 Å². The molecule has 0 spiro atoms. The summed E-state index contributed by atoms with van der Waals surface area (Å²) >= 11 is 0. The predicted molar refractivity (Wildman–Crippen MR) is 157 cm³/mol. The summed E-state index contributed by atoms with van der Waals surface area (Å²) in [6.07, 6.45) is 0.0356. The average molecular weight is 589 g/mol. The van der Waals surface area contributed by atoms with Crippen LogP contribution in [-0.2, 0) is 11.2 Å². The summed E-state index contributed by atoms with van der Waals surface area (Å²) in [6.45, 7) is 0.547. The molecule has 0 N–H and O–H groups in total. The lowest BCUT2D eigenvalue weighted by Gasteiger charge is -2.18. The van der Waals surface area contributed by atoms with Crippen LogP contribution in [-0.4, -0.2) is 33.1 Å². The fourth-order valence-electron chi connectivity index (χ4n) is 6.51. The van der Waals surface area contributed by atoms with Gasteiger partial charge in [0.15, 0.2) is 46.0 Å². The minimum Gasteiger partial charge on any atom is -0.454 e. The van der Waals surface area contributed by atoms with E-state index in [4.69, 9.17) is 42.6 Å². The molecule has 44 heavy (non-hydrogen) atoms. The molecule has 0 aromatic heterocycles. The zero-order valence-electron chi connectivity index (χ0n) is 22.9. The van der Waals surface area contributed by atoms with Gasteiger partial charge in [-0.2, -0.15) is 0 Å². The molecule has 6 aromatic rings. The number of esters is 1. The molecule has 4 aliphatic rings. The minimum atomic E-state index is -0.426. The lowest BCUT2D eigenvalue weighted by atomic mass is 9.89. The molecule has 10 rings (SSSR count). The first-order valence-electron chi connectivity index (χ1n) is 14.0. The van der Waals surface area contributed by atoms with Gasteiger partial charge in [-0.1, -0.05) is 6.07 Å². The second kappa shape index (κ2) is 8.63. The van der Waals surface area contributed by atoms with Crippen LogP contribution in [0.2, 0.25) is 0 Å². The smallest absolute Gasteiger partial charge is 0.315 e. The Morgan fingerprint density at radius 3 is 1.59 bits per heavy atom. The molecule has 0 amide bonds. The van der Waals surface area contributed by atoms with Crippen LogP contribution in [0, 0.1) is 0 Å². The highest BCUT2D eigenvalue weighted by Crippen LogP contribution is 2.51. The van der Waals surface area contributed by atoms with E-state index in [1.807, 2.05) is 48.5 Å². The van der Waals surface area contributed by atoms with Crippen molar-refractivity contribution in [2.24, 2.45) is 0 Å². The van der Waals surface area contributed by atoms with E-state index in [0.717, 1.165) is 48.7 Å². The van der Waals surface area contributed by atoms with Crippen molar-refractivity contribution in [2.45, 2.75) is 6.42 Å². The third kappa shape index (κ3) is 3.39. The predicted octanol–water partition coefficient (Wildman–Crippen LogP) is 6.36. The van der Waals surface area contributed by atoms with Gasteiger partial charge in [-0.05, 0) is 92.5 Å². The van der Waals surface area contributed by atoms with E-state index in [1.54, 1.807) is 12.1 Å². The molecule has 6 aromatic carbocycles. The summed E-state index contributed by atoms with van der Waals surface area (Å²) in [6, 6.07) is 19.1. The molecule has 0 aliphatic carbocycles. The fourth-order valence-corrected chi connectivity index (χ4v) is 6.51. The Balaban J connectivity index is 1.26. The van der Waals surface area contributed by atoms with Crippen LogP contribution < -0.4 is 42.6 Å². The van der Waals surface area contributed by atoms with Crippen LogP contribution in [0.1, 0.15) is 5.56 Å². The van der Waals surface area contributed by atoms with Crippen LogP contribution in [0.5, 0.6) is 51.7 Å². The zero-order valence-corrected chi connectivity index (χ0v) is 22.9. The molecular formula is C34H20O10. The van der Waals surface area contributed by atoms with Crippen molar-refractivity contribution in [3.05, 3.63) is 66.2 Å². The number of ether oxygens (including phenoxy) is 9. The number of hydrogen-bond acceptors (Lipinski definition) is 10. The first-order valence-corrected chi connectivity index (χ1v) is 14.0. The van der Waals surface area contributed by atoms with Crippen LogP contribution in [0.4, 0.5) is 0 Å². The SMILES string of the molecule is O=C(Cc1ccc2c(c1)OCO2)Oc1cc2cc3c(cc2c2c4cc5c(cc4c4cc6c(cc4c12)OCO6)OCO5)OCO3. The molecule has 0 saturated heterocycles. The van der Waals surface area contributed by atoms with Gasteiger partial charge in [0.25, 0.3) is 0 Å². The summed E-state index contributed by atoms with van der Waals surface area (Å²) in [5.41, 5.74) is 0.749. The maximum Gasteiger partial charge on any atom is 0.315 e. The number of carbonyl (C=O) groups is 1. The summed E-state index contributed by atoms with van der Waals surface area (Å²) < 4.78 is 51.8. The second-order valence-corrected chi connectivity index (χ2v) is 10.9. The lowest BCUT2D eigenvalue weighted by Crippen LogP contribution is -2.11. The van der Waals surface area contributed by atoms with Gasteiger partial charge in [0.2, 0.25) is 27.2 Å². The van der Waals surface area contributed by atoms with E-state index < -0.39 is 5.97 Å². The van der Waals surface area contributed by atoms with Crippen molar-refractivity contribution in [2.75, 3.05) is 27.2 Å². The maximum atomic E-state index is 13.6. The largest absolute Gasteiger partial charge is 0.454 e. The molecule has 0 radical (unpaired) electrons. The summed E-state index contributed by atoms with van der Waals surface area (Å²) in [5.74, 6) is 5.05. The Kier molecular flexibility index (Phi) is 4.66. The molecule has 0 saturated carbocycles. The van der Waals surface area contributed by atoms with Crippen molar-refractivity contribution in [1.82, 2.24) is 0 Å². The van der Waals surface area contributed by atoms with Gasteiger partial charge < -0.3 is 42.6 Å². The number of hydrogen-bond donors (Lipinski definition) is 0. The lowest BCUT2D eigenvalue weighted by molar-refractivity contribution is -0.133. The summed E-state index contributed by atoms with van der Waals surface area (Å²) in [7, 11) is 0. The summed E-state index contributed by atoms with van der Waals surface area (Å²) in [5, 5.41) is 6.90. The highest BCUT2D eigenvalue weighted by Gasteiger charge is 2.26. The molecule has 0 unspecified atom stereocenters. The minimum absolute atomic E-state index is 0.0356. The standard InChI is InChI=1S/C34H20O10/c35-32(4-16-1-2-23-24(3-16)37-12-36-23)44-31-6-17-5-25-26(39-13-38-25)7-18(17)33-21-10-29-27(40-14-42-29)8-19(21)20-9-28-30(43-15-41-28)11-22(20)34(31)33/h1-3,5-11H,4,12-15H2. The van der Waals surface area contributed by atoms with E-state index in [1.165, 1.54) is 0 Å². The van der Waals surface area contributed by atoms with Gasteiger partial charge in [-0.3, -0.25) is 4.79 Å². The molecule has 0 bridgehead atoms. The van der Waals surface area contributed by atoms with Crippen LogP contribution in [0.3, 0.4) is 0 Å². The molecule has 4 heterocycles. The number of rotatable bonds is 3. The maximum absolute atomic E-state index is 13.6. The topological polar surface area (TPSA) is 100 Å². The first-order chi connectivity index (χ1) is 21.7. The van der Waals surface area contributed by atoms with Gasteiger partial charge in [0.05, 0.1) is 6.42 Å². The normalized spacial score (nSPS) is 15.2. The van der Waals surface area contributed by atoms with Gasteiger partial charge in [-0.15, -0.1) is 0 Å². The Morgan fingerprint density at radius 1 is 0.500 bits per heavy atom. The van der Waals surface area contributed by atoms with Crippen LogP contribution in [0.25, 0.3) is 43.1 Å². The Bertz CT molecular complexity index is 2270. The Morgan fingerprint density at radius 2 is 0.977 bits per heavy atom. The monoisotopic (exact) mass is 588 g/mol. The van der Waals surface area contributed by atoms with Gasteiger partial charge >= 0.3 is 5.97 Å². The van der Waals surface area contributed by atoms with Gasteiger partial charge in [0, 0.05) is 10.8 Å². The highest BCUT2D eigenvalue weighted by molar-refractivity contribution is 6.34. The van der Waals surface area contributed by atoms with E-state index in [0.29, 0.717) is 51.7 Å². The second-order valence-electron chi connectivity index (χ2n) is 10.9. The number of fused-ring (bicyclic) bond motifs is 12. The first kappa shape index (κ1) is 23.8. The molecule has 0 fully saturated rings. The number of benzene rings is 6. The zero-order chi connectivity index (χ0) is 28.9. The average Bonchev–Trinajstić information content (AvgIpc) is 3.84. The Hall–Kier alpha value is -5.77. The van der Waals surface area contributed by atoms with E-state index in [2.05, 4.69) is 0 Å². The van der Waals surface area contributed by atoms with Crippen molar-refractivity contribution in [3.63, 3.8) is 0 Å². The quantitative estimate of drug-likeness (QED) is 0.132. The van der Waals surface area contributed by atoms with E-state index in [-0.39, 0.29) is 33.6 Å². The van der Waals surface area contributed by atoms with E-state index >= 15 is 0 Å². The molecule has 10 nitrogen and oxygen atoms in total. The van der Waals surface area contributed by atoms with Crippen LogP contribution in [0.15, 0.2) is 60.7 Å². The summed E-state index contributed by atoms with van der Waals surface area (Å²) in [4.78, 5) is 13.6. The highest BCUT2D eigenvalue weighted by atomic mass is 16.7. The Labute approximate surface area is 248 Å². The van der Waals surface area contributed by atoms with Crippen molar-refractivity contribution in [3.8, 4) is 51.7 Å². The molecule has 10 heteroatoms. The molecule has 216 valence electrons. The third-order valence-electron chi connectivity index (χ3n) is 8.46. The number of carbonyl (C=O) groups excluding carboxylic acids is 1. The molecule has 0 atom stereocenters. The van der Waals surface area contributed by atoms with Gasteiger partial charge in [-0.25, -0.2) is 0 Å². The van der Waals surface area contributed by atoms with Gasteiger partial charge in [0.1, 0.15) is 5.75 Å². The van der Waals surface area contributed by atoms with Crippen molar-refractivity contribution >= 4 is 49.1 Å². The third-order valence-corrected chi connectivity index (χ3v) is 8.46. The van der Waals surface area contributed by atoms with E-state index in [9.17, 15) is 4.79 Å².